The molecule has 1 N–H and O–H groups in total. The normalized spacial score (nSPS) is 15.2. The molecule has 0 bridgehead atoms. The van der Waals surface area contributed by atoms with Crippen molar-refractivity contribution < 1.29 is 14.3 Å². The number of amides is 2. The van der Waals surface area contributed by atoms with Gasteiger partial charge in [-0.25, -0.2) is 0 Å². The highest BCUT2D eigenvalue weighted by Crippen LogP contribution is 2.13. The van der Waals surface area contributed by atoms with Gasteiger partial charge in [0, 0.05) is 39.1 Å². The molecule has 6 nitrogen and oxygen atoms in total. The summed E-state index contributed by atoms with van der Waals surface area (Å²) in [6.07, 6.45) is 7.42. The number of rotatable bonds is 5. The fraction of sp³-hybridized carbons (Fsp3) is 0.562. The van der Waals surface area contributed by atoms with Gasteiger partial charge in [0.1, 0.15) is 0 Å². The van der Waals surface area contributed by atoms with Crippen molar-refractivity contribution >= 4 is 11.8 Å². The molecule has 0 spiro atoms. The van der Waals surface area contributed by atoms with Crippen LogP contribution in [-0.4, -0.2) is 55.0 Å². The van der Waals surface area contributed by atoms with Crippen LogP contribution in [0.15, 0.2) is 18.5 Å². The molecule has 1 aromatic rings. The lowest BCUT2D eigenvalue weighted by molar-refractivity contribution is 0.0761. The van der Waals surface area contributed by atoms with Gasteiger partial charge >= 0.3 is 0 Å². The molecule has 0 aliphatic carbocycles. The van der Waals surface area contributed by atoms with Gasteiger partial charge in [-0.15, -0.1) is 0 Å². The summed E-state index contributed by atoms with van der Waals surface area (Å²) in [6.45, 7) is 2.44. The molecule has 1 aliphatic heterocycles. The number of likely N-dealkylation sites (tertiary alicyclic amines) is 1. The van der Waals surface area contributed by atoms with Crippen LogP contribution in [0.5, 0.6) is 0 Å². The minimum absolute atomic E-state index is 0.0408. The quantitative estimate of drug-likeness (QED) is 0.836. The number of pyridine rings is 1. The second-order valence-electron chi connectivity index (χ2n) is 5.42. The summed E-state index contributed by atoms with van der Waals surface area (Å²) >= 11 is 0. The van der Waals surface area contributed by atoms with Crippen molar-refractivity contribution in [1.29, 1.82) is 0 Å². The minimum Gasteiger partial charge on any atom is -0.383 e. The number of ether oxygens (including phenoxy) is 1. The molecule has 6 heteroatoms. The Morgan fingerprint density at radius 2 is 1.86 bits per heavy atom. The maximum absolute atomic E-state index is 12.5. The Bertz CT molecular complexity index is 511. The molecule has 0 atom stereocenters. The number of nitrogens with zero attached hydrogens (tertiary/aromatic N) is 2. The summed E-state index contributed by atoms with van der Waals surface area (Å²) in [7, 11) is 1.58. The lowest BCUT2D eigenvalue weighted by atomic mass is 10.1. The zero-order valence-corrected chi connectivity index (χ0v) is 13.0. The maximum atomic E-state index is 12.5. The van der Waals surface area contributed by atoms with Crippen LogP contribution in [0.1, 0.15) is 46.4 Å². The third-order valence-electron chi connectivity index (χ3n) is 3.73. The average Bonchev–Trinajstić information content (AvgIpc) is 2.83. The summed E-state index contributed by atoms with van der Waals surface area (Å²) in [5, 5.41) is 2.73. The third-order valence-corrected chi connectivity index (χ3v) is 3.73. The van der Waals surface area contributed by atoms with Crippen LogP contribution in [0.2, 0.25) is 0 Å². The van der Waals surface area contributed by atoms with Crippen LogP contribution in [0, 0.1) is 0 Å². The standard InChI is InChI=1S/C16H23N3O3/c1-22-9-6-18-15(20)13-10-14(12-17-11-13)16(21)19-7-4-2-3-5-8-19/h10-12H,2-9H2,1H3,(H,18,20). The van der Waals surface area contributed by atoms with Crippen LogP contribution < -0.4 is 5.32 Å². The molecule has 2 heterocycles. The van der Waals surface area contributed by atoms with Crippen molar-refractivity contribution in [1.82, 2.24) is 15.2 Å². The molecule has 0 saturated carbocycles. The van der Waals surface area contributed by atoms with Crippen LogP contribution in [0.25, 0.3) is 0 Å². The predicted octanol–water partition coefficient (Wildman–Crippen LogP) is 1.47. The number of carbonyl (C=O) groups excluding carboxylic acids is 2. The third kappa shape index (κ3) is 4.53. The van der Waals surface area contributed by atoms with Crippen molar-refractivity contribution in [2.24, 2.45) is 0 Å². The first kappa shape index (κ1) is 16.4. The maximum Gasteiger partial charge on any atom is 0.255 e. The summed E-state index contributed by atoms with van der Waals surface area (Å²) in [4.78, 5) is 30.4. The van der Waals surface area contributed by atoms with Gasteiger partial charge in [0.2, 0.25) is 0 Å². The summed E-state index contributed by atoms with van der Waals surface area (Å²) in [5.74, 6) is -0.281. The molecular weight excluding hydrogens is 282 g/mol. The summed E-state index contributed by atoms with van der Waals surface area (Å²) < 4.78 is 4.89. The summed E-state index contributed by atoms with van der Waals surface area (Å²) in [6, 6.07) is 1.61. The molecule has 22 heavy (non-hydrogen) atoms. The SMILES string of the molecule is COCCNC(=O)c1cncc(C(=O)N2CCCCCC2)c1. The van der Waals surface area contributed by atoms with Crippen LogP contribution in [-0.2, 0) is 4.74 Å². The van der Waals surface area contributed by atoms with E-state index in [-0.39, 0.29) is 11.8 Å². The molecule has 1 aliphatic rings. The summed E-state index contributed by atoms with van der Waals surface area (Å²) in [5.41, 5.74) is 0.873. The second kappa shape index (κ2) is 8.48. The number of aromatic nitrogens is 1. The number of methoxy groups -OCH3 is 1. The van der Waals surface area contributed by atoms with E-state index in [1.54, 1.807) is 13.2 Å². The van der Waals surface area contributed by atoms with Crippen LogP contribution >= 0.6 is 0 Å². The zero-order chi connectivity index (χ0) is 15.8. The Morgan fingerprint density at radius 1 is 1.18 bits per heavy atom. The molecule has 1 aromatic heterocycles. The van der Waals surface area contributed by atoms with Gasteiger partial charge in [-0.3, -0.25) is 14.6 Å². The Morgan fingerprint density at radius 3 is 2.55 bits per heavy atom. The van der Waals surface area contributed by atoms with E-state index >= 15 is 0 Å². The largest absolute Gasteiger partial charge is 0.383 e. The van der Waals surface area contributed by atoms with Crippen molar-refractivity contribution in [2.75, 3.05) is 33.4 Å². The van der Waals surface area contributed by atoms with E-state index in [1.165, 1.54) is 25.2 Å². The van der Waals surface area contributed by atoms with E-state index in [9.17, 15) is 9.59 Å². The van der Waals surface area contributed by atoms with E-state index < -0.39 is 0 Å². The molecule has 2 amide bonds. The molecule has 0 aromatic carbocycles. The smallest absolute Gasteiger partial charge is 0.255 e. The highest BCUT2D eigenvalue weighted by atomic mass is 16.5. The monoisotopic (exact) mass is 305 g/mol. The average molecular weight is 305 g/mol. The minimum atomic E-state index is -0.241. The van der Waals surface area contributed by atoms with Crippen LogP contribution in [0.4, 0.5) is 0 Å². The van der Waals surface area contributed by atoms with E-state index in [0.717, 1.165) is 25.9 Å². The molecule has 1 fully saturated rings. The first-order valence-electron chi connectivity index (χ1n) is 7.74. The lowest BCUT2D eigenvalue weighted by Crippen LogP contribution is -2.32. The Balaban J connectivity index is 2.03. The van der Waals surface area contributed by atoms with Gasteiger partial charge in [-0.2, -0.15) is 0 Å². The van der Waals surface area contributed by atoms with E-state index in [2.05, 4.69) is 10.3 Å². The van der Waals surface area contributed by atoms with Crippen LogP contribution in [0.3, 0.4) is 0 Å². The first-order chi connectivity index (χ1) is 10.7. The number of nitrogens with one attached hydrogen (secondary N) is 1. The first-order valence-corrected chi connectivity index (χ1v) is 7.74. The molecule has 0 unspecified atom stereocenters. The highest BCUT2D eigenvalue weighted by molar-refractivity contribution is 5.99. The van der Waals surface area contributed by atoms with Gasteiger partial charge in [0.15, 0.2) is 0 Å². The lowest BCUT2D eigenvalue weighted by Gasteiger charge is -2.20. The van der Waals surface area contributed by atoms with E-state index in [1.807, 2.05) is 4.90 Å². The molecule has 2 rings (SSSR count). The van der Waals surface area contributed by atoms with E-state index in [4.69, 9.17) is 4.74 Å². The number of carbonyl (C=O) groups is 2. The van der Waals surface area contributed by atoms with Crippen molar-refractivity contribution in [3.63, 3.8) is 0 Å². The fourth-order valence-electron chi connectivity index (χ4n) is 2.51. The number of hydrogen-bond acceptors (Lipinski definition) is 4. The predicted molar refractivity (Wildman–Crippen MR) is 82.8 cm³/mol. The Kier molecular flexibility index (Phi) is 6.33. The van der Waals surface area contributed by atoms with Gasteiger partial charge in [0.05, 0.1) is 17.7 Å². The molecule has 1 saturated heterocycles. The second-order valence-corrected chi connectivity index (χ2v) is 5.42. The van der Waals surface area contributed by atoms with Gasteiger partial charge < -0.3 is 15.0 Å². The Hall–Kier alpha value is -1.95. The highest BCUT2D eigenvalue weighted by Gasteiger charge is 2.18. The van der Waals surface area contributed by atoms with Gasteiger partial charge in [-0.05, 0) is 18.9 Å². The van der Waals surface area contributed by atoms with Crippen molar-refractivity contribution in [3.8, 4) is 0 Å². The fourth-order valence-corrected chi connectivity index (χ4v) is 2.51. The van der Waals surface area contributed by atoms with E-state index in [0.29, 0.717) is 24.3 Å². The van der Waals surface area contributed by atoms with Crippen molar-refractivity contribution in [3.05, 3.63) is 29.6 Å². The van der Waals surface area contributed by atoms with Crippen molar-refractivity contribution in [2.45, 2.75) is 25.7 Å². The zero-order valence-electron chi connectivity index (χ0n) is 13.0. The Labute approximate surface area is 130 Å². The molecular formula is C16H23N3O3. The number of hydrogen-bond donors (Lipinski definition) is 1. The van der Waals surface area contributed by atoms with Gasteiger partial charge in [0.25, 0.3) is 11.8 Å². The van der Waals surface area contributed by atoms with Gasteiger partial charge in [-0.1, -0.05) is 12.8 Å². The molecule has 0 radical (unpaired) electrons. The topological polar surface area (TPSA) is 71.5 Å². The molecule has 120 valence electrons.